The second-order valence-corrected chi connectivity index (χ2v) is 6.36. The normalized spacial score (nSPS) is 23.9. The van der Waals surface area contributed by atoms with Crippen LogP contribution in [0.1, 0.15) is 42.9 Å². The van der Waals surface area contributed by atoms with Crippen LogP contribution in [0.4, 0.5) is 8.78 Å². The molecule has 3 nitrogen and oxygen atoms in total. The van der Waals surface area contributed by atoms with Crippen molar-refractivity contribution in [2.75, 3.05) is 19.9 Å². The second-order valence-electron chi connectivity index (χ2n) is 6.36. The molecule has 2 aliphatic rings. The van der Waals surface area contributed by atoms with Crippen LogP contribution in [0.15, 0.2) is 18.2 Å². The highest BCUT2D eigenvalue weighted by atomic mass is 19.1. The van der Waals surface area contributed by atoms with Crippen molar-refractivity contribution < 1.29 is 18.3 Å². The van der Waals surface area contributed by atoms with Gasteiger partial charge in [0.1, 0.15) is 19.1 Å². The number of carbonyl (C=O) groups excluding carboxylic acids is 1. The number of ether oxygens (including phenoxy) is 1. The Morgan fingerprint density at radius 1 is 1.32 bits per heavy atom. The molecule has 3 rings (SSSR count). The molecule has 0 radical (unpaired) electrons. The maximum atomic E-state index is 13.5. The molecular weight excluding hydrogens is 288 g/mol. The average Bonchev–Trinajstić information content (AvgIpc) is 2.55. The number of alkyl halides is 2. The Morgan fingerprint density at radius 3 is 2.77 bits per heavy atom. The fourth-order valence-electron chi connectivity index (χ4n) is 3.39. The minimum atomic E-state index is -1.47. The summed E-state index contributed by atoms with van der Waals surface area (Å²) in [6.45, 7) is 0.817. The van der Waals surface area contributed by atoms with Gasteiger partial charge < -0.3 is 9.64 Å². The fourth-order valence-corrected chi connectivity index (χ4v) is 3.39. The van der Waals surface area contributed by atoms with Crippen molar-refractivity contribution in [2.45, 2.75) is 44.2 Å². The third kappa shape index (κ3) is 2.57. The molecule has 1 atom stereocenters. The van der Waals surface area contributed by atoms with E-state index in [0.29, 0.717) is 18.7 Å². The Labute approximate surface area is 129 Å². The molecule has 2 heterocycles. The molecule has 22 heavy (non-hydrogen) atoms. The van der Waals surface area contributed by atoms with E-state index in [4.69, 9.17) is 4.74 Å². The van der Waals surface area contributed by atoms with Crippen LogP contribution in [-0.2, 0) is 4.79 Å². The van der Waals surface area contributed by atoms with E-state index < -0.39 is 19.0 Å². The van der Waals surface area contributed by atoms with E-state index in [1.807, 2.05) is 19.1 Å². The first kappa shape index (κ1) is 15.3. The van der Waals surface area contributed by atoms with E-state index >= 15 is 0 Å². The summed E-state index contributed by atoms with van der Waals surface area (Å²) in [6.07, 6.45) is 2.50. The van der Waals surface area contributed by atoms with Crippen LogP contribution in [0.2, 0.25) is 0 Å². The molecule has 1 amide bonds. The quantitative estimate of drug-likeness (QED) is 0.855. The largest absolute Gasteiger partial charge is 0.481 e. The molecule has 5 heteroatoms. The summed E-state index contributed by atoms with van der Waals surface area (Å²) in [4.78, 5) is 14.1. The average molecular weight is 309 g/mol. The highest BCUT2D eigenvalue weighted by Crippen LogP contribution is 2.44. The summed E-state index contributed by atoms with van der Waals surface area (Å²) >= 11 is 0. The number of amides is 1. The first-order valence-corrected chi connectivity index (χ1v) is 7.79. The zero-order valence-electron chi connectivity index (χ0n) is 12.8. The van der Waals surface area contributed by atoms with Crippen molar-refractivity contribution in [1.29, 1.82) is 0 Å². The van der Waals surface area contributed by atoms with Gasteiger partial charge in [0.05, 0.1) is 6.04 Å². The van der Waals surface area contributed by atoms with E-state index in [0.717, 1.165) is 24.0 Å². The Balaban J connectivity index is 2.03. The number of piperidine rings is 1. The van der Waals surface area contributed by atoms with Crippen molar-refractivity contribution in [3.8, 4) is 5.75 Å². The van der Waals surface area contributed by atoms with Crippen LogP contribution < -0.4 is 4.74 Å². The van der Waals surface area contributed by atoms with Crippen LogP contribution in [-0.4, -0.2) is 36.3 Å². The third-order valence-electron chi connectivity index (χ3n) is 4.64. The number of halogens is 2. The molecule has 0 aliphatic carbocycles. The van der Waals surface area contributed by atoms with Gasteiger partial charge in [-0.05, 0) is 25.8 Å². The van der Waals surface area contributed by atoms with E-state index in [1.54, 1.807) is 11.0 Å². The topological polar surface area (TPSA) is 29.5 Å². The number of hydrogen-bond acceptors (Lipinski definition) is 2. The summed E-state index contributed by atoms with van der Waals surface area (Å²) in [7, 11) is 0. The number of fused-ring (bicyclic) bond motifs is 1. The van der Waals surface area contributed by atoms with Gasteiger partial charge in [-0.15, -0.1) is 0 Å². The lowest BCUT2D eigenvalue weighted by Gasteiger charge is -2.44. The van der Waals surface area contributed by atoms with Gasteiger partial charge in [0, 0.05) is 24.9 Å². The Bertz CT molecular complexity index is 572. The number of hydrogen-bond donors (Lipinski definition) is 0. The molecule has 1 saturated heterocycles. The molecule has 1 aromatic rings. The maximum Gasteiger partial charge on any atom is 0.223 e. The number of aryl methyl sites for hydroxylation is 1. The minimum Gasteiger partial charge on any atom is -0.481 e. The first-order valence-electron chi connectivity index (χ1n) is 7.79. The van der Waals surface area contributed by atoms with Crippen molar-refractivity contribution in [1.82, 2.24) is 4.90 Å². The van der Waals surface area contributed by atoms with Gasteiger partial charge in [0.25, 0.3) is 0 Å². The van der Waals surface area contributed by atoms with Crippen LogP contribution in [0.3, 0.4) is 0 Å². The van der Waals surface area contributed by atoms with E-state index in [2.05, 4.69) is 0 Å². The Kier molecular flexibility index (Phi) is 4.06. The third-order valence-corrected chi connectivity index (χ3v) is 4.64. The molecule has 1 unspecified atom stereocenters. The molecule has 0 saturated carbocycles. The Morgan fingerprint density at radius 2 is 2.09 bits per heavy atom. The molecule has 2 aliphatic heterocycles. The lowest BCUT2D eigenvalue weighted by molar-refractivity contribution is -0.138. The van der Waals surface area contributed by atoms with Crippen molar-refractivity contribution in [3.05, 3.63) is 29.3 Å². The number of likely N-dealkylation sites (tertiary alicyclic amines) is 1. The highest BCUT2D eigenvalue weighted by Gasteiger charge is 2.45. The van der Waals surface area contributed by atoms with Crippen molar-refractivity contribution >= 4 is 5.91 Å². The lowest BCUT2D eigenvalue weighted by Crippen LogP contribution is -2.50. The van der Waals surface area contributed by atoms with Crippen LogP contribution in [0.5, 0.6) is 5.75 Å². The predicted octanol–water partition coefficient (Wildman–Crippen LogP) is 3.51. The summed E-state index contributed by atoms with van der Waals surface area (Å²) in [6, 6.07) is 5.27. The smallest absolute Gasteiger partial charge is 0.223 e. The fraction of sp³-hybridized carbons (Fsp3) is 0.588. The van der Waals surface area contributed by atoms with E-state index in [9.17, 15) is 13.6 Å². The summed E-state index contributed by atoms with van der Waals surface area (Å²) < 4.78 is 32.6. The van der Waals surface area contributed by atoms with Gasteiger partial charge in [0.15, 0.2) is 5.60 Å². The maximum absolute atomic E-state index is 13.5. The van der Waals surface area contributed by atoms with Gasteiger partial charge >= 0.3 is 0 Å². The molecule has 0 spiro atoms. The molecule has 1 fully saturated rings. The Hall–Kier alpha value is -1.65. The first-order chi connectivity index (χ1) is 10.6. The monoisotopic (exact) mass is 309 g/mol. The van der Waals surface area contributed by atoms with Crippen LogP contribution >= 0.6 is 0 Å². The van der Waals surface area contributed by atoms with Gasteiger partial charge in [-0.1, -0.05) is 17.7 Å². The lowest BCUT2D eigenvalue weighted by atomic mass is 9.86. The molecule has 0 aromatic heterocycles. The van der Waals surface area contributed by atoms with Gasteiger partial charge in [-0.25, -0.2) is 8.78 Å². The number of carbonyl (C=O) groups is 1. The van der Waals surface area contributed by atoms with E-state index in [1.165, 1.54) is 0 Å². The summed E-state index contributed by atoms with van der Waals surface area (Å²) in [5.74, 6) is 0.563. The van der Waals surface area contributed by atoms with Gasteiger partial charge in [0.2, 0.25) is 5.91 Å². The molecular formula is C17H21F2NO2. The number of benzene rings is 1. The zero-order valence-corrected chi connectivity index (χ0v) is 12.8. The van der Waals surface area contributed by atoms with Gasteiger partial charge in [-0.3, -0.25) is 4.79 Å². The molecule has 0 bridgehead atoms. The van der Waals surface area contributed by atoms with Crippen molar-refractivity contribution in [3.63, 3.8) is 0 Å². The standard InChI is InChI=1S/C17H21F2NO2/c1-12-5-6-15-13(8-12)14(9-17(10-18,11-19)22-15)20-7-3-2-4-16(20)21/h5-6,8,14H,2-4,7,9-11H2,1H3. The molecule has 120 valence electrons. The van der Waals surface area contributed by atoms with Crippen molar-refractivity contribution in [2.24, 2.45) is 0 Å². The second kappa shape index (κ2) is 5.86. The minimum absolute atomic E-state index is 0.0669. The van der Waals surface area contributed by atoms with Crippen LogP contribution in [0.25, 0.3) is 0 Å². The summed E-state index contributed by atoms with van der Waals surface area (Å²) in [5, 5.41) is 0. The molecule has 1 aromatic carbocycles. The highest BCUT2D eigenvalue weighted by molar-refractivity contribution is 5.77. The predicted molar refractivity (Wildman–Crippen MR) is 79.4 cm³/mol. The van der Waals surface area contributed by atoms with Gasteiger partial charge in [-0.2, -0.15) is 0 Å². The number of nitrogens with zero attached hydrogens (tertiary/aromatic N) is 1. The SMILES string of the molecule is Cc1ccc2c(c1)C(N1CCCCC1=O)CC(CF)(CF)O2. The number of rotatable bonds is 3. The zero-order chi connectivity index (χ0) is 15.7. The summed E-state index contributed by atoms with van der Waals surface area (Å²) in [5.41, 5.74) is 0.447. The molecule has 0 N–H and O–H groups in total. The van der Waals surface area contributed by atoms with E-state index in [-0.39, 0.29) is 18.4 Å². The van der Waals surface area contributed by atoms with Crippen LogP contribution in [0, 0.1) is 6.92 Å².